The number of aryl methyl sites for hydroxylation is 2. The Balaban J connectivity index is 1.88. The van der Waals surface area contributed by atoms with Crippen LogP contribution in [0.4, 0.5) is 0 Å². The minimum absolute atomic E-state index is 0.245. The molecule has 3 heterocycles. The molecule has 0 spiro atoms. The third-order valence-electron chi connectivity index (χ3n) is 5.62. The Bertz CT molecular complexity index is 1190. The van der Waals surface area contributed by atoms with Crippen LogP contribution in [0.2, 0.25) is 0 Å². The van der Waals surface area contributed by atoms with Crippen LogP contribution in [-0.4, -0.2) is 24.9 Å². The van der Waals surface area contributed by atoms with Gasteiger partial charge in [0.25, 0.3) is 0 Å². The van der Waals surface area contributed by atoms with E-state index in [1.165, 1.54) is 25.7 Å². The Morgan fingerprint density at radius 3 is 2.57 bits per heavy atom. The Hall–Kier alpha value is -2.89. The summed E-state index contributed by atoms with van der Waals surface area (Å²) >= 11 is 0. The number of fused-ring (bicyclic) bond motifs is 5. The zero-order valence-corrected chi connectivity index (χ0v) is 18.1. The third-order valence-corrected chi connectivity index (χ3v) is 5.62. The third kappa shape index (κ3) is 3.66. The van der Waals surface area contributed by atoms with Crippen molar-refractivity contribution in [3.8, 4) is 5.75 Å². The number of benzene rings is 1. The first kappa shape index (κ1) is 20.4. The average molecular weight is 407 g/mol. The summed E-state index contributed by atoms with van der Waals surface area (Å²) in [6.07, 6.45) is 9.07. The number of carbonyl (C=O) groups is 1. The molecule has 4 aromatic rings. The number of unbranched alkanes of at least 4 members (excludes halogenated alkanes) is 4. The van der Waals surface area contributed by atoms with Crippen molar-refractivity contribution in [2.24, 2.45) is 0 Å². The Kier molecular flexibility index (Phi) is 6.02. The molecule has 0 fully saturated rings. The van der Waals surface area contributed by atoms with Crippen molar-refractivity contribution in [2.75, 3.05) is 0 Å². The molecule has 6 nitrogen and oxygen atoms in total. The number of ether oxygens (including phenoxy) is 1. The molecule has 0 amide bonds. The highest BCUT2D eigenvalue weighted by atomic mass is 16.5. The number of hydrogen-bond donors (Lipinski definition) is 0. The highest BCUT2D eigenvalue weighted by Gasteiger charge is 2.21. The molecule has 0 saturated carbocycles. The molecule has 6 heteroatoms. The van der Waals surface area contributed by atoms with E-state index in [1.807, 2.05) is 31.3 Å². The molecular formula is C24H30N4O2. The van der Waals surface area contributed by atoms with Gasteiger partial charge in [0.1, 0.15) is 16.9 Å². The second-order valence-corrected chi connectivity index (χ2v) is 7.77. The fourth-order valence-corrected chi connectivity index (χ4v) is 4.04. The molecule has 1 aromatic carbocycles. The second kappa shape index (κ2) is 8.86. The fraction of sp³-hybridized carbons (Fsp3) is 0.458. The van der Waals surface area contributed by atoms with Gasteiger partial charge in [-0.25, -0.2) is 9.97 Å². The van der Waals surface area contributed by atoms with Crippen LogP contribution >= 0.6 is 0 Å². The van der Waals surface area contributed by atoms with Crippen LogP contribution in [0.1, 0.15) is 65.1 Å². The van der Waals surface area contributed by atoms with Crippen molar-refractivity contribution >= 4 is 33.7 Å². The monoisotopic (exact) mass is 406 g/mol. The topological polar surface area (TPSA) is 61.4 Å². The van der Waals surface area contributed by atoms with Gasteiger partial charge in [-0.05, 0) is 18.6 Å². The fourth-order valence-electron chi connectivity index (χ4n) is 4.04. The summed E-state index contributed by atoms with van der Waals surface area (Å²) in [5, 5.41) is 0.818. The molecule has 0 saturated heterocycles. The van der Waals surface area contributed by atoms with Gasteiger partial charge in [-0.3, -0.25) is 9.20 Å². The van der Waals surface area contributed by atoms with Gasteiger partial charge < -0.3 is 9.30 Å². The minimum atomic E-state index is -0.245. The molecule has 0 bridgehead atoms. The van der Waals surface area contributed by atoms with Crippen LogP contribution in [-0.2, 0) is 17.8 Å². The molecule has 0 aliphatic heterocycles. The van der Waals surface area contributed by atoms with E-state index in [4.69, 9.17) is 14.7 Å². The maximum Gasteiger partial charge on any atom is 0.310 e. The Morgan fingerprint density at radius 1 is 1.00 bits per heavy atom. The summed E-state index contributed by atoms with van der Waals surface area (Å²) in [4.78, 5) is 22.0. The molecule has 0 atom stereocenters. The van der Waals surface area contributed by atoms with Crippen LogP contribution in [0.5, 0.6) is 5.75 Å². The van der Waals surface area contributed by atoms with E-state index < -0.39 is 0 Å². The van der Waals surface area contributed by atoms with Crippen molar-refractivity contribution in [3.05, 3.63) is 36.3 Å². The van der Waals surface area contributed by atoms with E-state index >= 15 is 0 Å². The Morgan fingerprint density at radius 2 is 1.80 bits per heavy atom. The highest BCUT2D eigenvalue weighted by Crippen LogP contribution is 2.34. The van der Waals surface area contributed by atoms with E-state index in [2.05, 4.69) is 28.9 Å². The second-order valence-electron chi connectivity index (χ2n) is 7.77. The van der Waals surface area contributed by atoms with Crippen LogP contribution in [0, 0.1) is 0 Å². The van der Waals surface area contributed by atoms with Gasteiger partial charge in [-0.1, -0.05) is 58.6 Å². The molecule has 0 aliphatic rings. The van der Waals surface area contributed by atoms with Gasteiger partial charge in [-0.15, -0.1) is 0 Å². The summed E-state index contributed by atoms with van der Waals surface area (Å²) in [7, 11) is 0. The first-order chi connectivity index (χ1) is 14.7. The molecular weight excluding hydrogens is 376 g/mol. The highest BCUT2D eigenvalue weighted by molar-refractivity contribution is 6.00. The van der Waals surface area contributed by atoms with E-state index in [9.17, 15) is 4.79 Å². The molecule has 3 aromatic heterocycles. The van der Waals surface area contributed by atoms with Gasteiger partial charge in [0, 0.05) is 25.6 Å². The van der Waals surface area contributed by atoms with Gasteiger partial charge in [0.2, 0.25) is 0 Å². The molecule has 0 aliphatic carbocycles. The minimum Gasteiger partial charge on any atom is -0.424 e. The normalized spacial score (nSPS) is 11.7. The number of rotatable bonds is 9. The van der Waals surface area contributed by atoms with Crippen molar-refractivity contribution in [3.63, 3.8) is 0 Å². The number of imidazole rings is 1. The molecule has 4 rings (SSSR count). The number of hydrogen-bond acceptors (Lipinski definition) is 4. The van der Waals surface area contributed by atoms with Gasteiger partial charge in [-0.2, -0.15) is 0 Å². The molecule has 0 unspecified atom stereocenters. The summed E-state index contributed by atoms with van der Waals surface area (Å²) in [6.45, 7) is 7.00. The SMILES string of the molecule is CCCCCCCn1cc(OC(=O)CC)c2c1nc(CC)n1c3ccccc3nc21. The van der Waals surface area contributed by atoms with Crippen molar-refractivity contribution in [1.82, 2.24) is 18.9 Å². The van der Waals surface area contributed by atoms with E-state index in [0.717, 1.165) is 52.9 Å². The molecule has 0 N–H and O–H groups in total. The number of carbonyl (C=O) groups excluding carboxylic acids is 1. The van der Waals surface area contributed by atoms with E-state index in [1.54, 1.807) is 0 Å². The molecule has 0 radical (unpaired) electrons. The number of aromatic nitrogens is 4. The van der Waals surface area contributed by atoms with Crippen LogP contribution in [0.15, 0.2) is 30.5 Å². The van der Waals surface area contributed by atoms with E-state index in [0.29, 0.717) is 12.2 Å². The first-order valence-corrected chi connectivity index (χ1v) is 11.2. The van der Waals surface area contributed by atoms with Gasteiger partial charge >= 0.3 is 5.97 Å². The summed E-state index contributed by atoms with van der Waals surface area (Å²) < 4.78 is 9.97. The van der Waals surface area contributed by atoms with Gasteiger partial charge in [0.15, 0.2) is 11.4 Å². The van der Waals surface area contributed by atoms with E-state index in [-0.39, 0.29) is 5.97 Å². The van der Waals surface area contributed by atoms with Crippen molar-refractivity contribution < 1.29 is 9.53 Å². The lowest BCUT2D eigenvalue weighted by molar-refractivity contribution is -0.133. The quantitative estimate of drug-likeness (QED) is 0.265. The summed E-state index contributed by atoms with van der Waals surface area (Å²) in [5.74, 6) is 1.27. The van der Waals surface area contributed by atoms with Crippen molar-refractivity contribution in [1.29, 1.82) is 0 Å². The zero-order valence-electron chi connectivity index (χ0n) is 18.1. The largest absolute Gasteiger partial charge is 0.424 e. The predicted octanol–water partition coefficient (Wildman–Crippen LogP) is 5.69. The average Bonchev–Trinajstić information content (AvgIpc) is 3.31. The lowest BCUT2D eigenvalue weighted by Crippen LogP contribution is -2.06. The standard InChI is InChI=1S/C24H30N4O2/c1-4-7-8-9-12-15-27-16-19(30-21(29)6-3)22-23(27)26-20(5-2)28-18-14-11-10-13-17(18)25-24(22)28/h10-11,13-14,16H,4-9,12,15H2,1-3H3. The number of para-hydroxylation sites is 2. The van der Waals surface area contributed by atoms with Crippen LogP contribution < -0.4 is 4.74 Å². The maximum atomic E-state index is 12.1. The number of esters is 1. The van der Waals surface area contributed by atoms with Crippen LogP contribution in [0.3, 0.4) is 0 Å². The summed E-state index contributed by atoms with van der Waals surface area (Å²) in [5.41, 5.74) is 3.60. The molecule has 158 valence electrons. The smallest absolute Gasteiger partial charge is 0.310 e. The summed E-state index contributed by atoms with van der Waals surface area (Å²) in [6, 6.07) is 8.07. The molecule has 30 heavy (non-hydrogen) atoms. The zero-order chi connectivity index (χ0) is 21.1. The number of nitrogens with zero attached hydrogens (tertiary/aromatic N) is 4. The lowest BCUT2D eigenvalue weighted by Gasteiger charge is -2.08. The predicted molar refractivity (Wildman–Crippen MR) is 120 cm³/mol. The lowest BCUT2D eigenvalue weighted by atomic mass is 10.1. The Labute approximate surface area is 176 Å². The van der Waals surface area contributed by atoms with Gasteiger partial charge in [0.05, 0.1) is 11.0 Å². The first-order valence-electron chi connectivity index (χ1n) is 11.2. The maximum absolute atomic E-state index is 12.1. The van der Waals surface area contributed by atoms with Crippen LogP contribution in [0.25, 0.3) is 27.7 Å². The van der Waals surface area contributed by atoms with Crippen molar-refractivity contribution in [2.45, 2.75) is 72.3 Å².